The van der Waals surface area contributed by atoms with Crippen LogP contribution in [0.1, 0.15) is 18.4 Å². The predicted octanol–water partition coefficient (Wildman–Crippen LogP) is 1.90. The van der Waals surface area contributed by atoms with Gasteiger partial charge in [-0.3, -0.25) is 0 Å². The lowest BCUT2D eigenvalue weighted by Gasteiger charge is -2.36. The van der Waals surface area contributed by atoms with E-state index >= 15 is 0 Å². The molecule has 11 heteroatoms. The molecular weight excluding hydrogens is 422 g/mol. The van der Waals surface area contributed by atoms with Gasteiger partial charge in [0.1, 0.15) is 5.69 Å². The molecule has 2 aliphatic heterocycles. The smallest absolute Gasteiger partial charge is 0.272 e. The fraction of sp³-hybridized carbons (Fsp3) is 0.364. The Morgan fingerprint density at radius 3 is 2.61 bits per heavy atom. The van der Waals surface area contributed by atoms with Crippen LogP contribution in [-0.4, -0.2) is 67.7 Å². The summed E-state index contributed by atoms with van der Waals surface area (Å²) in [5, 5.41) is 13.1. The van der Waals surface area contributed by atoms with Crippen LogP contribution in [-0.2, 0) is 6.42 Å². The first-order valence-corrected chi connectivity index (χ1v) is 11.0. The highest BCUT2D eigenvalue weighted by atomic mass is 16.7. The standard InChI is InChI=1S/C22H23N9O2/c1-3-19-25-22-27-26-20(14(2)31(22)28-19)16-6-7-23-21(24-16)30-10-8-29(9-11-30)15-4-5-17-18(12-15)33-13-32-17/h4-7,12H,3,8-11,13H2,1-2H3. The topological polar surface area (TPSA) is 107 Å². The van der Waals surface area contributed by atoms with E-state index in [1.807, 2.05) is 32.0 Å². The monoisotopic (exact) mass is 445 g/mol. The lowest BCUT2D eigenvalue weighted by molar-refractivity contribution is 0.174. The molecular formula is C22H23N9O2. The molecule has 3 aromatic heterocycles. The third-order valence-corrected chi connectivity index (χ3v) is 6.02. The lowest BCUT2D eigenvalue weighted by atomic mass is 10.2. The zero-order valence-electron chi connectivity index (χ0n) is 18.5. The molecule has 0 saturated carbocycles. The summed E-state index contributed by atoms with van der Waals surface area (Å²) in [6, 6.07) is 7.94. The highest BCUT2D eigenvalue weighted by molar-refractivity contribution is 5.60. The number of nitrogens with zero attached hydrogens (tertiary/aromatic N) is 9. The number of hydrogen-bond acceptors (Lipinski definition) is 10. The van der Waals surface area contributed by atoms with Gasteiger partial charge in [-0.05, 0) is 25.1 Å². The van der Waals surface area contributed by atoms with Gasteiger partial charge in [0.15, 0.2) is 17.3 Å². The zero-order valence-corrected chi connectivity index (χ0v) is 18.5. The molecule has 1 saturated heterocycles. The van der Waals surface area contributed by atoms with Crippen LogP contribution in [0.15, 0.2) is 30.5 Å². The van der Waals surface area contributed by atoms with Gasteiger partial charge in [0, 0.05) is 50.6 Å². The predicted molar refractivity (Wildman–Crippen MR) is 121 cm³/mol. The second kappa shape index (κ2) is 7.84. The summed E-state index contributed by atoms with van der Waals surface area (Å²) in [6.07, 6.45) is 2.51. The van der Waals surface area contributed by atoms with E-state index in [0.717, 1.165) is 67.0 Å². The maximum absolute atomic E-state index is 5.52. The average Bonchev–Trinajstić information content (AvgIpc) is 3.51. The SMILES string of the molecule is CCc1nc2nnc(-c3ccnc(N4CCN(c5ccc6c(c5)OCO6)CC4)n3)c(C)n2n1. The Kier molecular flexibility index (Phi) is 4.67. The molecule has 0 bridgehead atoms. The van der Waals surface area contributed by atoms with E-state index in [-0.39, 0.29) is 6.79 Å². The van der Waals surface area contributed by atoms with Crippen molar-refractivity contribution in [2.45, 2.75) is 20.3 Å². The number of anilines is 2. The molecule has 33 heavy (non-hydrogen) atoms. The summed E-state index contributed by atoms with van der Waals surface area (Å²) in [4.78, 5) is 18.2. The van der Waals surface area contributed by atoms with Crippen molar-refractivity contribution in [1.82, 2.24) is 34.8 Å². The number of piperazine rings is 1. The Morgan fingerprint density at radius 2 is 1.76 bits per heavy atom. The van der Waals surface area contributed by atoms with Crippen LogP contribution in [0.5, 0.6) is 11.5 Å². The second-order valence-electron chi connectivity index (χ2n) is 7.98. The van der Waals surface area contributed by atoms with Crippen LogP contribution in [0.25, 0.3) is 17.2 Å². The third-order valence-electron chi connectivity index (χ3n) is 6.02. The molecule has 0 unspecified atom stereocenters. The first-order valence-electron chi connectivity index (χ1n) is 11.0. The van der Waals surface area contributed by atoms with Crippen molar-refractivity contribution >= 4 is 17.4 Å². The molecule has 0 atom stereocenters. The highest BCUT2D eigenvalue weighted by Crippen LogP contribution is 2.35. The van der Waals surface area contributed by atoms with Crippen molar-refractivity contribution in [3.63, 3.8) is 0 Å². The average molecular weight is 445 g/mol. The minimum Gasteiger partial charge on any atom is -0.454 e. The fourth-order valence-corrected chi connectivity index (χ4v) is 4.17. The number of rotatable bonds is 4. The van der Waals surface area contributed by atoms with Crippen molar-refractivity contribution in [1.29, 1.82) is 0 Å². The molecule has 0 N–H and O–H groups in total. The number of aromatic nitrogens is 7. The van der Waals surface area contributed by atoms with Gasteiger partial charge in [0.05, 0.1) is 11.4 Å². The molecule has 2 aliphatic rings. The van der Waals surface area contributed by atoms with Crippen LogP contribution in [0, 0.1) is 6.92 Å². The highest BCUT2D eigenvalue weighted by Gasteiger charge is 2.22. The van der Waals surface area contributed by atoms with Crippen LogP contribution < -0.4 is 19.3 Å². The van der Waals surface area contributed by atoms with Crippen LogP contribution >= 0.6 is 0 Å². The maximum Gasteiger partial charge on any atom is 0.272 e. The van der Waals surface area contributed by atoms with E-state index in [9.17, 15) is 0 Å². The van der Waals surface area contributed by atoms with E-state index in [1.165, 1.54) is 0 Å². The number of ether oxygens (including phenoxy) is 2. The fourth-order valence-electron chi connectivity index (χ4n) is 4.17. The van der Waals surface area contributed by atoms with Gasteiger partial charge in [-0.1, -0.05) is 6.92 Å². The molecule has 1 fully saturated rings. The van der Waals surface area contributed by atoms with E-state index in [0.29, 0.717) is 17.4 Å². The van der Waals surface area contributed by atoms with Gasteiger partial charge < -0.3 is 19.3 Å². The second-order valence-corrected chi connectivity index (χ2v) is 7.98. The minimum absolute atomic E-state index is 0.285. The maximum atomic E-state index is 5.52. The van der Waals surface area contributed by atoms with Gasteiger partial charge >= 0.3 is 0 Å². The van der Waals surface area contributed by atoms with Crippen molar-refractivity contribution < 1.29 is 9.47 Å². The van der Waals surface area contributed by atoms with Crippen LogP contribution in [0.2, 0.25) is 0 Å². The number of fused-ring (bicyclic) bond motifs is 2. The molecule has 168 valence electrons. The molecule has 0 aliphatic carbocycles. The minimum atomic E-state index is 0.285. The summed E-state index contributed by atoms with van der Waals surface area (Å²) >= 11 is 0. The molecule has 6 rings (SSSR count). The summed E-state index contributed by atoms with van der Waals surface area (Å²) in [7, 11) is 0. The third kappa shape index (κ3) is 3.45. The Morgan fingerprint density at radius 1 is 0.939 bits per heavy atom. The summed E-state index contributed by atoms with van der Waals surface area (Å²) in [5.74, 6) is 3.54. The Labute approximate surface area is 190 Å². The van der Waals surface area contributed by atoms with Crippen LogP contribution in [0.3, 0.4) is 0 Å². The number of benzene rings is 1. The Hall–Kier alpha value is -4.02. The first kappa shape index (κ1) is 19.6. The van der Waals surface area contributed by atoms with E-state index in [2.05, 4.69) is 41.1 Å². The van der Waals surface area contributed by atoms with Crippen molar-refractivity contribution in [3.8, 4) is 22.9 Å². The van der Waals surface area contributed by atoms with Gasteiger partial charge in [-0.25, -0.2) is 9.97 Å². The largest absolute Gasteiger partial charge is 0.454 e. The van der Waals surface area contributed by atoms with Crippen molar-refractivity contribution in [3.05, 3.63) is 42.0 Å². The van der Waals surface area contributed by atoms with Gasteiger partial charge in [-0.15, -0.1) is 15.3 Å². The quantitative estimate of drug-likeness (QED) is 0.462. The molecule has 4 aromatic rings. The summed E-state index contributed by atoms with van der Waals surface area (Å²) < 4.78 is 12.7. The molecule has 11 nitrogen and oxygen atoms in total. The van der Waals surface area contributed by atoms with Gasteiger partial charge in [-0.2, -0.15) is 9.50 Å². The summed E-state index contributed by atoms with van der Waals surface area (Å²) in [6.45, 7) is 7.59. The molecule has 0 radical (unpaired) electrons. The van der Waals surface area contributed by atoms with E-state index in [4.69, 9.17) is 14.5 Å². The van der Waals surface area contributed by atoms with Gasteiger partial charge in [0.25, 0.3) is 5.78 Å². The Bertz CT molecular complexity index is 1330. The molecule has 5 heterocycles. The number of aryl methyl sites for hydroxylation is 2. The van der Waals surface area contributed by atoms with E-state index < -0.39 is 0 Å². The van der Waals surface area contributed by atoms with Gasteiger partial charge in [0.2, 0.25) is 12.7 Å². The normalized spacial score (nSPS) is 15.5. The lowest BCUT2D eigenvalue weighted by Crippen LogP contribution is -2.47. The first-order chi connectivity index (χ1) is 16.2. The van der Waals surface area contributed by atoms with Crippen molar-refractivity contribution in [2.75, 3.05) is 42.8 Å². The van der Waals surface area contributed by atoms with E-state index in [1.54, 1.807) is 10.7 Å². The molecule has 0 spiro atoms. The number of hydrogen-bond donors (Lipinski definition) is 0. The zero-order chi connectivity index (χ0) is 22.4. The molecule has 1 aromatic carbocycles. The van der Waals surface area contributed by atoms with Crippen LogP contribution in [0.4, 0.5) is 11.6 Å². The Balaban J connectivity index is 1.21. The summed E-state index contributed by atoms with van der Waals surface area (Å²) in [5.41, 5.74) is 3.38. The van der Waals surface area contributed by atoms with Crippen molar-refractivity contribution in [2.24, 2.45) is 0 Å². The molecule has 0 amide bonds.